The van der Waals surface area contributed by atoms with E-state index in [9.17, 15) is 8.42 Å². The van der Waals surface area contributed by atoms with E-state index < -0.39 is 10.0 Å². The molecule has 0 spiro atoms. The van der Waals surface area contributed by atoms with E-state index in [4.69, 9.17) is 10.6 Å². The fraction of sp³-hybridized carbons (Fsp3) is 0.294. The zero-order chi connectivity index (χ0) is 20.3. The summed E-state index contributed by atoms with van der Waals surface area (Å²) in [6.45, 7) is 5.96. The Balaban J connectivity index is 1.98. The van der Waals surface area contributed by atoms with Crippen molar-refractivity contribution in [2.45, 2.75) is 25.7 Å². The van der Waals surface area contributed by atoms with Gasteiger partial charge in [0.15, 0.2) is 11.6 Å². The number of aryl methyl sites for hydroxylation is 1. The third kappa shape index (κ3) is 4.32. The van der Waals surface area contributed by atoms with Crippen LogP contribution in [0, 0.1) is 12.8 Å². The summed E-state index contributed by atoms with van der Waals surface area (Å²) in [6, 6.07) is 4.71. The largest absolute Gasteiger partial charge is 0.381 e. The molecule has 0 aliphatic heterocycles. The molecule has 3 rings (SSSR count). The molecule has 0 amide bonds. The van der Waals surface area contributed by atoms with E-state index in [0.717, 1.165) is 5.56 Å². The summed E-state index contributed by atoms with van der Waals surface area (Å²) < 4.78 is 26.4. The third-order valence-corrected chi connectivity index (χ3v) is 5.01. The molecule has 28 heavy (non-hydrogen) atoms. The Bertz CT molecular complexity index is 1070. The maximum atomic E-state index is 12.5. The number of nitrogens with zero attached hydrogens (tertiary/aromatic N) is 5. The van der Waals surface area contributed by atoms with E-state index in [0.29, 0.717) is 17.1 Å². The van der Waals surface area contributed by atoms with Crippen molar-refractivity contribution in [3.63, 3.8) is 0 Å². The molecule has 2 aromatic heterocycles. The van der Waals surface area contributed by atoms with Gasteiger partial charge in [0.2, 0.25) is 0 Å². The summed E-state index contributed by atoms with van der Waals surface area (Å²) in [5.74, 6) is 0.678. The average Bonchev–Trinajstić information content (AvgIpc) is 3.16. The van der Waals surface area contributed by atoms with Gasteiger partial charge in [-0.3, -0.25) is 4.84 Å². The maximum absolute atomic E-state index is 12.5. The van der Waals surface area contributed by atoms with Crippen LogP contribution in [0.1, 0.15) is 19.4 Å². The highest BCUT2D eigenvalue weighted by Crippen LogP contribution is 2.26. The van der Waals surface area contributed by atoms with E-state index in [-0.39, 0.29) is 23.2 Å². The van der Waals surface area contributed by atoms with Crippen LogP contribution in [0.4, 0.5) is 5.82 Å². The molecule has 0 saturated carbocycles. The molecule has 0 atom stereocenters. The van der Waals surface area contributed by atoms with Crippen molar-refractivity contribution in [2.75, 3.05) is 12.3 Å². The van der Waals surface area contributed by atoms with E-state index in [1.54, 1.807) is 6.07 Å². The van der Waals surface area contributed by atoms with Crippen molar-refractivity contribution >= 4 is 15.8 Å². The highest BCUT2D eigenvalue weighted by molar-refractivity contribution is 7.89. The topological polar surface area (TPSA) is 138 Å². The Hall–Kier alpha value is -2.89. The van der Waals surface area contributed by atoms with Crippen LogP contribution < -0.4 is 10.6 Å². The smallest absolute Gasteiger partial charge is 0.262 e. The van der Waals surface area contributed by atoms with Crippen LogP contribution in [-0.4, -0.2) is 39.8 Å². The average molecular weight is 403 g/mol. The van der Waals surface area contributed by atoms with Gasteiger partial charge in [-0.2, -0.15) is 9.78 Å². The van der Waals surface area contributed by atoms with Gasteiger partial charge in [-0.05, 0) is 30.5 Å². The molecular weight excluding hydrogens is 382 g/mol. The summed E-state index contributed by atoms with van der Waals surface area (Å²) in [4.78, 5) is 19.8. The first-order valence-electron chi connectivity index (χ1n) is 8.50. The standard InChI is InChI=1S/C17H21N7O3S/c1-11(2)8-27-23-28(25,26)13-5-4-12(3)14(6-13)15-7-20-16(18)17(22-15)24-10-19-9-21-24/h4-7,9-11,23H,8H2,1-3H3,(H2,18,20). The lowest BCUT2D eigenvalue weighted by Crippen LogP contribution is -2.26. The van der Waals surface area contributed by atoms with Gasteiger partial charge in [-0.15, -0.1) is 0 Å². The lowest BCUT2D eigenvalue weighted by atomic mass is 10.1. The molecule has 10 nitrogen and oxygen atoms in total. The molecule has 3 N–H and O–H groups in total. The van der Waals surface area contributed by atoms with E-state index in [1.807, 2.05) is 20.8 Å². The van der Waals surface area contributed by atoms with Crippen LogP contribution in [-0.2, 0) is 14.9 Å². The maximum Gasteiger partial charge on any atom is 0.262 e. The quantitative estimate of drug-likeness (QED) is 0.566. The lowest BCUT2D eigenvalue weighted by molar-refractivity contribution is 0.0719. The molecular formula is C17H21N7O3S. The molecule has 0 fully saturated rings. The Morgan fingerprint density at radius 2 is 2.11 bits per heavy atom. The summed E-state index contributed by atoms with van der Waals surface area (Å²) in [5, 5.41) is 4.01. The molecule has 0 radical (unpaired) electrons. The van der Waals surface area contributed by atoms with Crippen molar-refractivity contribution in [2.24, 2.45) is 5.92 Å². The predicted octanol–water partition coefficient (Wildman–Crippen LogP) is 1.48. The summed E-state index contributed by atoms with van der Waals surface area (Å²) in [7, 11) is -3.84. The zero-order valence-corrected chi connectivity index (χ0v) is 16.5. The second-order valence-corrected chi connectivity index (χ2v) is 8.22. The number of benzene rings is 1. The molecule has 0 bridgehead atoms. The van der Waals surface area contributed by atoms with E-state index >= 15 is 0 Å². The second-order valence-electron chi connectivity index (χ2n) is 6.57. The molecule has 11 heteroatoms. The fourth-order valence-corrected chi connectivity index (χ4v) is 3.21. The number of nitrogens with one attached hydrogen (secondary N) is 1. The minimum atomic E-state index is -3.84. The van der Waals surface area contributed by atoms with Crippen LogP contribution in [0.2, 0.25) is 0 Å². The highest BCUT2D eigenvalue weighted by Gasteiger charge is 2.18. The van der Waals surface area contributed by atoms with Crippen LogP contribution in [0.3, 0.4) is 0 Å². The zero-order valence-electron chi connectivity index (χ0n) is 15.7. The SMILES string of the molecule is Cc1ccc(S(=O)(=O)NOCC(C)C)cc1-c1cnc(N)c(-n2cncn2)n1. The first-order valence-corrected chi connectivity index (χ1v) is 9.98. The molecule has 0 aliphatic carbocycles. The van der Waals surface area contributed by atoms with Gasteiger partial charge in [0, 0.05) is 5.56 Å². The minimum absolute atomic E-state index is 0.0535. The highest BCUT2D eigenvalue weighted by atomic mass is 32.2. The van der Waals surface area contributed by atoms with Gasteiger partial charge < -0.3 is 5.73 Å². The van der Waals surface area contributed by atoms with Crippen LogP contribution in [0.25, 0.3) is 17.1 Å². The number of anilines is 1. The number of sulfonamides is 1. The minimum Gasteiger partial charge on any atom is -0.381 e. The van der Waals surface area contributed by atoms with Gasteiger partial charge in [0.1, 0.15) is 12.7 Å². The number of nitrogen functional groups attached to an aromatic ring is 1. The van der Waals surface area contributed by atoms with Crippen molar-refractivity contribution in [3.8, 4) is 17.1 Å². The van der Waals surface area contributed by atoms with Gasteiger partial charge in [-0.25, -0.2) is 23.4 Å². The number of hydrogen-bond acceptors (Lipinski definition) is 8. The summed E-state index contributed by atoms with van der Waals surface area (Å²) in [5.41, 5.74) is 7.77. The second kappa shape index (κ2) is 8.00. The molecule has 2 heterocycles. The Labute approximate surface area is 162 Å². The summed E-state index contributed by atoms with van der Waals surface area (Å²) in [6.07, 6.45) is 4.29. The monoisotopic (exact) mass is 403 g/mol. The first kappa shape index (κ1) is 19.9. The van der Waals surface area contributed by atoms with Crippen molar-refractivity contribution < 1.29 is 13.3 Å². The van der Waals surface area contributed by atoms with Crippen molar-refractivity contribution in [3.05, 3.63) is 42.6 Å². The molecule has 1 aromatic carbocycles. The molecule has 3 aromatic rings. The van der Waals surface area contributed by atoms with E-state index in [1.165, 1.54) is 35.7 Å². The fourth-order valence-electron chi connectivity index (χ4n) is 2.38. The van der Waals surface area contributed by atoms with Gasteiger partial charge in [0.25, 0.3) is 10.0 Å². The normalized spacial score (nSPS) is 11.9. The van der Waals surface area contributed by atoms with Gasteiger partial charge in [0.05, 0.1) is 23.4 Å². The number of hydrogen-bond donors (Lipinski definition) is 2. The van der Waals surface area contributed by atoms with Crippen molar-refractivity contribution in [1.82, 2.24) is 29.6 Å². The third-order valence-electron chi connectivity index (χ3n) is 3.80. The molecule has 148 valence electrons. The van der Waals surface area contributed by atoms with Gasteiger partial charge in [-0.1, -0.05) is 24.8 Å². The first-order chi connectivity index (χ1) is 13.3. The Kier molecular flexibility index (Phi) is 5.68. The van der Waals surface area contributed by atoms with Crippen molar-refractivity contribution in [1.29, 1.82) is 0 Å². The van der Waals surface area contributed by atoms with Gasteiger partial charge >= 0.3 is 0 Å². The number of aromatic nitrogens is 5. The van der Waals surface area contributed by atoms with Crippen LogP contribution >= 0.6 is 0 Å². The molecule has 0 saturated heterocycles. The summed E-state index contributed by atoms with van der Waals surface area (Å²) >= 11 is 0. The van der Waals surface area contributed by atoms with Crippen LogP contribution in [0.5, 0.6) is 0 Å². The Morgan fingerprint density at radius 3 is 2.79 bits per heavy atom. The molecule has 0 unspecified atom stereocenters. The number of nitrogens with two attached hydrogens (primary N) is 1. The van der Waals surface area contributed by atoms with Crippen LogP contribution in [0.15, 0.2) is 41.9 Å². The number of rotatable bonds is 7. The Morgan fingerprint density at radius 1 is 1.32 bits per heavy atom. The lowest BCUT2D eigenvalue weighted by Gasteiger charge is -2.12. The molecule has 0 aliphatic rings. The predicted molar refractivity (Wildman–Crippen MR) is 103 cm³/mol. The van der Waals surface area contributed by atoms with E-state index in [2.05, 4.69) is 24.9 Å².